The molecule has 0 unspecified atom stereocenters. The van der Waals surface area contributed by atoms with Gasteiger partial charge in [-0.3, -0.25) is 19.7 Å². The zero-order valence-corrected chi connectivity index (χ0v) is 13.9. The Morgan fingerprint density at radius 3 is 2.71 bits per heavy atom. The Hall–Kier alpha value is -2.81. The lowest BCUT2D eigenvalue weighted by atomic mass is 10.1. The van der Waals surface area contributed by atoms with Crippen molar-refractivity contribution in [3.05, 3.63) is 68.4 Å². The first kappa shape index (κ1) is 17.5. The first-order valence-corrected chi connectivity index (χ1v) is 7.62. The Labute approximate surface area is 145 Å². The number of primary amides is 1. The van der Waals surface area contributed by atoms with Crippen molar-refractivity contribution >= 4 is 33.4 Å². The van der Waals surface area contributed by atoms with Crippen molar-refractivity contribution in [2.45, 2.75) is 12.5 Å². The third kappa shape index (κ3) is 4.35. The molecule has 0 spiro atoms. The summed E-state index contributed by atoms with van der Waals surface area (Å²) >= 11 is 3.26. The molecule has 2 aromatic rings. The molecule has 0 aliphatic rings. The molecule has 9 heteroatoms. The van der Waals surface area contributed by atoms with Gasteiger partial charge in [0, 0.05) is 30.3 Å². The molecular weight excluding hydrogens is 380 g/mol. The van der Waals surface area contributed by atoms with E-state index in [-0.39, 0.29) is 17.7 Å². The van der Waals surface area contributed by atoms with E-state index in [1.807, 2.05) is 0 Å². The molecule has 124 valence electrons. The second-order valence-electron chi connectivity index (χ2n) is 4.89. The van der Waals surface area contributed by atoms with Gasteiger partial charge in [-0.1, -0.05) is 12.1 Å². The molecule has 2 rings (SSSR count). The van der Waals surface area contributed by atoms with Crippen molar-refractivity contribution in [3.63, 3.8) is 0 Å². The number of nitrogens with one attached hydrogen (secondary N) is 1. The number of amides is 2. The predicted molar refractivity (Wildman–Crippen MR) is 89.2 cm³/mol. The maximum absolute atomic E-state index is 12.2. The summed E-state index contributed by atoms with van der Waals surface area (Å²) in [5.74, 6) is -1.34. The lowest BCUT2D eigenvalue weighted by Crippen LogP contribution is -2.45. The van der Waals surface area contributed by atoms with Crippen molar-refractivity contribution < 1.29 is 14.5 Å². The highest BCUT2D eigenvalue weighted by atomic mass is 79.9. The minimum Gasteiger partial charge on any atom is -0.368 e. The summed E-state index contributed by atoms with van der Waals surface area (Å²) in [5, 5.41) is 13.3. The Morgan fingerprint density at radius 2 is 2.08 bits per heavy atom. The van der Waals surface area contributed by atoms with E-state index in [0.29, 0.717) is 10.2 Å². The molecule has 2 amide bonds. The van der Waals surface area contributed by atoms with Gasteiger partial charge in [-0.25, -0.2) is 4.98 Å². The van der Waals surface area contributed by atoms with Crippen LogP contribution in [-0.4, -0.2) is 27.8 Å². The largest absolute Gasteiger partial charge is 0.368 e. The van der Waals surface area contributed by atoms with Crippen LogP contribution in [0.25, 0.3) is 0 Å². The summed E-state index contributed by atoms with van der Waals surface area (Å²) in [6.07, 6.45) is 1.72. The third-order valence-electron chi connectivity index (χ3n) is 3.23. The number of nitro groups is 1. The van der Waals surface area contributed by atoms with Gasteiger partial charge >= 0.3 is 0 Å². The van der Waals surface area contributed by atoms with Crippen LogP contribution < -0.4 is 11.1 Å². The number of rotatable bonds is 6. The van der Waals surface area contributed by atoms with Gasteiger partial charge < -0.3 is 11.1 Å². The van der Waals surface area contributed by atoms with Crippen LogP contribution in [-0.2, 0) is 11.2 Å². The molecule has 0 aliphatic heterocycles. The Morgan fingerprint density at radius 1 is 1.33 bits per heavy atom. The number of nitrogens with two attached hydrogens (primary N) is 1. The van der Waals surface area contributed by atoms with E-state index >= 15 is 0 Å². The van der Waals surface area contributed by atoms with Crippen LogP contribution >= 0.6 is 15.9 Å². The summed E-state index contributed by atoms with van der Waals surface area (Å²) in [6.45, 7) is 0. The van der Waals surface area contributed by atoms with Gasteiger partial charge in [0.25, 0.3) is 11.6 Å². The van der Waals surface area contributed by atoms with E-state index in [9.17, 15) is 19.7 Å². The molecule has 0 radical (unpaired) electrons. The molecule has 8 nitrogen and oxygen atoms in total. The molecule has 1 aromatic carbocycles. The Kier molecular flexibility index (Phi) is 5.59. The number of nitro benzene ring substituents is 1. The molecule has 1 atom stereocenters. The first-order valence-electron chi connectivity index (χ1n) is 6.82. The Bertz CT molecular complexity index is 797. The van der Waals surface area contributed by atoms with Crippen molar-refractivity contribution in [2.24, 2.45) is 5.73 Å². The normalized spacial score (nSPS) is 11.5. The molecule has 1 heterocycles. The van der Waals surface area contributed by atoms with Crippen molar-refractivity contribution in [3.8, 4) is 0 Å². The lowest BCUT2D eigenvalue weighted by Gasteiger charge is -2.16. The monoisotopic (exact) mass is 392 g/mol. The number of halogens is 1. The number of carbonyl (C=O) groups is 2. The average molecular weight is 393 g/mol. The third-order valence-corrected chi connectivity index (χ3v) is 3.94. The summed E-state index contributed by atoms with van der Waals surface area (Å²) in [5.41, 5.74) is 5.89. The van der Waals surface area contributed by atoms with E-state index in [2.05, 4.69) is 26.2 Å². The summed E-state index contributed by atoms with van der Waals surface area (Å²) in [6, 6.07) is 7.68. The molecule has 0 fully saturated rings. The highest BCUT2D eigenvalue weighted by Gasteiger charge is 2.21. The van der Waals surface area contributed by atoms with Crippen molar-refractivity contribution in [1.82, 2.24) is 10.3 Å². The van der Waals surface area contributed by atoms with E-state index in [1.54, 1.807) is 18.3 Å². The van der Waals surface area contributed by atoms with E-state index in [1.165, 1.54) is 18.2 Å². The van der Waals surface area contributed by atoms with Gasteiger partial charge in [-0.15, -0.1) is 0 Å². The summed E-state index contributed by atoms with van der Waals surface area (Å²) in [7, 11) is 0. The van der Waals surface area contributed by atoms with Crippen LogP contribution in [0.2, 0.25) is 0 Å². The predicted octanol–water partition coefficient (Wildman–Crippen LogP) is 1.58. The quantitative estimate of drug-likeness (QED) is 0.438. The van der Waals surface area contributed by atoms with Crippen molar-refractivity contribution in [2.75, 3.05) is 0 Å². The number of hydrogen-bond acceptors (Lipinski definition) is 5. The number of hydrogen-bond donors (Lipinski definition) is 2. The van der Waals surface area contributed by atoms with Crippen LogP contribution in [0.1, 0.15) is 15.9 Å². The number of benzene rings is 1. The second kappa shape index (κ2) is 7.64. The number of pyridine rings is 1. The van der Waals surface area contributed by atoms with Crippen LogP contribution in [0.4, 0.5) is 5.69 Å². The first-order chi connectivity index (χ1) is 11.4. The number of carbonyl (C=O) groups excluding carboxylic acids is 2. The molecule has 1 aromatic heterocycles. The van der Waals surface area contributed by atoms with Crippen LogP contribution in [0.3, 0.4) is 0 Å². The fourth-order valence-corrected chi connectivity index (χ4v) is 2.43. The van der Waals surface area contributed by atoms with Crippen molar-refractivity contribution in [1.29, 1.82) is 0 Å². The van der Waals surface area contributed by atoms with E-state index in [0.717, 1.165) is 6.07 Å². The molecule has 0 bridgehead atoms. The second-order valence-corrected chi connectivity index (χ2v) is 5.64. The van der Waals surface area contributed by atoms with Crippen LogP contribution in [0.15, 0.2) is 47.2 Å². The molecule has 3 N–H and O–H groups in total. The number of nitrogens with zero attached hydrogens (tertiary/aromatic N) is 2. The van der Waals surface area contributed by atoms with Gasteiger partial charge in [0.05, 0.1) is 4.92 Å². The fourth-order valence-electron chi connectivity index (χ4n) is 2.02. The fraction of sp³-hybridized carbons (Fsp3) is 0.133. The van der Waals surface area contributed by atoms with Gasteiger partial charge in [-0.05, 0) is 33.6 Å². The zero-order valence-electron chi connectivity index (χ0n) is 12.3. The van der Waals surface area contributed by atoms with E-state index < -0.39 is 22.8 Å². The minimum absolute atomic E-state index is 0.0701. The minimum atomic E-state index is -0.975. The van der Waals surface area contributed by atoms with Gasteiger partial charge in [0.1, 0.15) is 10.6 Å². The topological polar surface area (TPSA) is 128 Å². The van der Waals surface area contributed by atoms with Crippen LogP contribution in [0.5, 0.6) is 0 Å². The maximum atomic E-state index is 12.2. The smallest absolute Gasteiger partial charge is 0.270 e. The number of non-ortho nitro benzene ring substituents is 1. The van der Waals surface area contributed by atoms with Crippen LogP contribution in [0, 0.1) is 10.1 Å². The molecule has 24 heavy (non-hydrogen) atoms. The highest BCUT2D eigenvalue weighted by molar-refractivity contribution is 9.10. The molecule has 0 saturated heterocycles. The summed E-state index contributed by atoms with van der Waals surface area (Å²) < 4.78 is 0.542. The van der Waals surface area contributed by atoms with Gasteiger partial charge in [-0.2, -0.15) is 0 Å². The van der Waals surface area contributed by atoms with Gasteiger partial charge in [0.15, 0.2) is 0 Å². The molecular formula is C15H13BrN4O4. The molecule has 0 saturated carbocycles. The summed E-state index contributed by atoms with van der Waals surface area (Å²) in [4.78, 5) is 38.1. The standard InChI is InChI=1S/C15H13BrN4O4/c16-13-9(4-2-6-18-13)8-12(14(17)21)19-15(22)10-3-1-5-11(7-10)20(23)24/h1-7,12H,8H2,(H2,17,21)(H,19,22)/t12-/m1/s1. The molecule has 0 aliphatic carbocycles. The lowest BCUT2D eigenvalue weighted by molar-refractivity contribution is -0.384. The average Bonchev–Trinajstić information content (AvgIpc) is 2.56. The number of aromatic nitrogens is 1. The SMILES string of the molecule is NC(=O)[C@@H](Cc1cccnc1Br)NC(=O)c1cccc([N+](=O)[O-])c1. The van der Waals surface area contributed by atoms with Gasteiger partial charge in [0.2, 0.25) is 5.91 Å². The Balaban J connectivity index is 2.17. The zero-order chi connectivity index (χ0) is 17.7. The van der Waals surface area contributed by atoms with E-state index in [4.69, 9.17) is 5.73 Å². The maximum Gasteiger partial charge on any atom is 0.270 e. The highest BCUT2D eigenvalue weighted by Crippen LogP contribution is 2.16.